The van der Waals surface area contributed by atoms with E-state index in [-0.39, 0.29) is 17.6 Å². The molecule has 0 amide bonds. The Balaban J connectivity index is 2.51. The van der Waals surface area contributed by atoms with Crippen LogP contribution in [0.4, 0.5) is 0 Å². The average molecular weight is 239 g/mol. The van der Waals surface area contributed by atoms with Gasteiger partial charge in [0.25, 0.3) is 0 Å². The summed E-state index contributed by atoms with van der Waals surface area (Å²) in [6.07, 6.45) is 2.96. The average Bonchev–Trinajstić information content (AvgIpc) is 2.59. The fourth-order valence-electron chi connectivity index (χ4n) is 2.06. The van der Waals surface area contributed by atoms with Crippen LogP contribution in [0.3, 0.4) is 0 Å². The molecular formula is C14H25NO2. The molecule has 0 unspecified atom stereocenters. The molecule has 0 aliphatic carbocycles. The van der Waals surface area contributed by atoms with Gasteiger partial charge in [-0.25, -0.2) is 0 Å². The van der Waals surface area contributed by atoms with E-state index in [1.54, 1.807) is 0 Å². The van der Waals surface area contributed by atoms with E-state index >= 15 is 0 Å². The summed E-state index contributed by atoms with van der Waals surface area (Å²) in [5.74, 6) is -0.0725. The van der Waals surface area contributed by atoms with Gasteiger partial charge in [-0.05, 0) is 53.5 Å². The second-order valence-corrected chi connectivity index (χ2v) is 5.93. The van der Waals surface area contributed by atoms with Crippen LogP contribution in [0, 0.1) is 0 Å². The van der Waals surface area contributed by atoms with Crippen LogP contribution in [0.5, 0.6) is 0 Å². The molecule has 0 N–H and O–H groups in total. The van der Waals surface area contributed by atoms with Gasteiger partial charge in [-0.2, -0.15) is 0 Å². The zero-order valence-electron chi connectivity index (χ0n) is 11.6. The third kappa shape index (κ3) is 4.90. The molecule has 1 saturated heterocycles. The summed E-state index contributed by atoms with van der Waals surface area (Å²) < 4.78 is 5.46. The summed E-state index contributed by atoms with van der Waals surface area (Å²) in [4.78, 5) is 14.3. The first-order chi connectivity index (χ1) is 7.79. The zero-order valence-corrected chi connectivity index (χ0v) is 11.6. The summed E-state index contributed by atoms with van der Waals surface area (Å²) >= 11 is 0. The van der Waals surface area contributed by atoms with Crippen LogP contribution in [-0.2, 0) is 9.53 Å². The van der Waals surface area contributed by atoms with E-state index < -0.39 is 0 Å². The molecule has 17 heavy (non-hydrogen) atoms. The maximum absolute atomic E-state index is 12.0. The smallest absolute Gasteiger partial charge is 0.323 e. The highest BCUT2D eigenvalue weighted by molar-refractivity contribution is 5.76. The lowest BCUT2D eigenvalue weighted by atomic mass is 10.1. The summed E-state index contributed by atoms with van der Waals surface area (Å²) in [5, 5.41) is 0. The predicted molar refractivity (Wildman–Crippen MR) is 69.9 cm³/mol. The third-order valence-corrected chi connectivity index (χ3v) is 2.87. The number of nitrogens with zero attached hydrogens (tertiary/aromatic N) is 1. The molecule has 1 heterocycles. The number of hydrogen-bond donors (Lipinski definition) is 0. The first kappa shape index (κ1) is 14.2. The molecule has 1 aliphatic heterocycles. The van der Waals surface area contributed by atoms with Gasteiger partial charge < -0.3 is 4.74 Å². The van der Waals surface area contributed by atoms with Crippen molar-refractivity contribution in [3.63, 3.8) is 0 Å². The fourth-order valence-corrected chi connectivity index (χ4v) is 2.06. The predicted octanol–water partition coefficient (Wildman–Crippen LogP) is 2.76. The van der Waals surface area contributed by atoms with Crippen molar-refractivity contribution < 1.29 is 9.53 Å². The van der Waals surface area contributed by atoms with Crippen molar-refractivity contribution in [2.45, 2.75) is 58.6 Å². The van der Waals surface area contributed by atoms with Crippen LogP contribution in [0.1, 0.15) is 47.0 Å². The molecular weight excluding hydrogens is 214 g/mol. The quantitative estimate of drug-likeness (QED) is 0.558. The Hall–Kier alpha value is -0.830. The van der Waals surface area contributed by atoms with E-state index in [2.05, 4.69) is 11.5 Å². The number of carbonyl (C=O) groups excluding carboxylic acids is 1. The van der Waals surface area contributed by atoms with Gasteiger partial charge in [0.15, 0.2) is 0 Å². The molecule has 0 aromatic heterocycles. The molecule has 0 saturated carbocycles. The van der Waals surface area contributed by atoms with Gasteiger partial charge in [0.05, 0.1) is 0 Å². The normalized spacial score (nSPS) is 21.5. The number of carbonyl (C=O) groups is 1. The fraction of sp³-hybridized carbons (Fsp3) is 0.786. The van der Waals surface area contributed by atoms with E-state index in [1.807, 2.05) is 27.7 Å². The highest BCUT2D eigenvalue weighted by atomic mass is 16.6. The van der Waals surface area contributed by atoms with Crippen molar-refractivity contribution in [1.82, 2.24) is 4.90 Å². The molecule has 0 bridgehead atoms. The lowest BCUT2D eigenvalue weighted by molar-refractivity contribution is -0.160. The Bertz CT molecular complexity index is 291. The summed E-state index contributed by atoms with van der Waals surface area (Å²) in [5.41, 5.74) is 0.777. The molecule has 3 nitrogen and oxygen atoms in total. The van der Waals surface area contributed by atoms with Gasteiger partial charge in [-0.15, -0.1) is 6.58 Å². The molecule has 1 rings (SSSR count). The minimum atomic E-state index is -0.389. The molecule has 1 atom stereocenters. The van der Waals surface area contributed by atoms with Crippen molar-refractivity contribution in [1.29, 1.82) is 0 Å². The standard InChI is InChI=1S/C14H25NO2/c1-11(2)8-10-15-9-6-7-12(15)13(16)17-14(3,4)5/h12H,1,6-10H2,2-5H3/t12-/m0/s1. The van der Waals surface area contributed by atoms with Gasteiger partial charge in [-0.1, -0.05) is 5.57 Å². The molecule has 1 aliphatic rings. The Morgan fingerprint density at radius 1 is 1.47 bits per heavy atom. The molecule has 1 fully saturated rings. The van der Waals surface area contributed by atoms with Crippen LogP contribution in [-0.4, -0.2) is 35.6 Å². The largest absolute Gasteiger partial charge is 0.459 e. The summed E-state index contributed by atoms with van der Waals surface area (Å²) in [6, 6.07) is -0.0476. The topological polar surface area (TPSA) is 29.5 Å². The lowest BCUT2D eigenvalue weighted by Gasteiger charge is -2.27. The second-order valence-electron chi connectivity index (χ2n) is 5.93. The second kappa shape index (κ2) is 5.67. The van der Waals surface area contributed by atoms with E-state index in [9.17, 15) is 4.79 Å². The lowest BCUT2D eigenvalue weighted by Crippen LogP contribution is -2.40. The van der Waals surface area contributed by atoms with E-state index in [0.717, 1.165) is 32.4 Å². The molecule has 3 heteroatoms. The molecule has 0 spiro atoms. The van der Waals surface area contributed by atoms with Gasteiger partial charge in [0.2, 0.25) is 0 Å². The highest BCUT2D eigenvalue weighted by Crippen LogP contribution is 2.21. The summed E-state index contributed by atoms with van der Waals surface area (Å²) in [6.45, 7) is 13.6. The molecule has 0 aromatic carbocycles. The van der Waals surface area contributed by atoms with Crippen molar-refractivity contribution in [2.24, 2.45) is 0 Å². The van der Waals surface area contributed by atoms with Gasteiger partial charge in [0.1, 0.15) is 11.6 Å². The monoisotopic (exact) mass is 239 g/mol. The Labute approximate surface area is 105 Å². The number of esters is 1. The Morgan fingerprint density at radius 2 is 2.12 bits per heavy atom. The molecule has 0 radical (unpaired) electrons. The highest BCUT2D eigenvalue weighted by Gasteiger charge is 2.33. The van der Waals surface area contributed by atoms with Crippen LogP contribution >= 0.6 is 0 Å². The maximum atomic E-state index is 12.0. The van der Waals surface area contributed by atoms with E-state index in [4.69, 9.17) is 4.74 Å². The van der Waals surface area contributed by atoms with Crippen LogP contribution in [0.2, 0.25) is 0 Å². The minimum Gasteiger partial charge on any atom is -0.459 e. The van der Waals surface area contributed by atoms with E-state index in [0.29, 0.717) is 0 Å². The van der Waals surface area contributed by atoms with Crippen molar-refractivity contribution in [3.05, 3.63) is 12.2 Å². The van der Waals surface area contributed by atoms with Crippen molar-refractivity contribution in [2.75, 3.05) is 13.1 Å². The number of hydrogen-bond acceptors (Lipinski definition) is 3. The van der Waals surface area contributed by atoms with Gasteiger partial charge in [0, 0.05) is 6.54 Å². The van der Waals surface area contributed by atoms with Crippen molar-refractivity contribution in [3.8, 4) is 0 Å². The Kier molecular flexibility index (Phi) is 4.75. The zero-order chi connectivity index (χ0) is 13.1. The maximum Gasteiger partial charge on any atom is 0.323 e. The van der Waals surface area contributed by atoms with E-state index in [1.165, 1.54) is 5.57 Å². The van der Waals surface area contributed by atoms with Gasteiger partial charge in [-0.3, -0.25) is 9.69 Å². The van der Waals surface area contributed by atoms with Crippen LogP contribution in [0.15, 0.2) is 12.2 Å². The van der Waals surface area contributed by atoms with Crippen molar-refractivity contribution >= 4 is 5.97 Å². The van der Waals surface area contributed by atoms with Crippen LogP contribution < -0.4 is 0 Å². The minimum absolute atomic E-state index is 0.0476. The molecule has 0 aromatic rings. The third-order valence-electron chi connectivity index (χ3n) is 2.87. The van der Waals surface area contributed by atoms with Gasteiger partial charge >= 0.3 is 5.97 Å². The molecule has 98 valence electrons. The number of ether oxygens (including phenoxy) is 1. The number of rotatable bonds is 4. The first-order valence-corrected chi connectivity index (χ1v) is 6.41. The summed E-state index contributed by atoms with van der Waals surface area (Å²) in [7, 11) is 0. The first-order valence-electron chi connectivity index (χ1n) is 6.41. The SMILES string of the molecule is C=C(C)CCN1CCC[C@H]1C(=O)OC(C)(C)C. The van der Waals surface area contributed by atoms with Crippen LogP contribution in [0.25, 0.3) is 0 Å². The Morgan fingerprint density at radius 3 is 2.65 bits per heavy atom. The number of likely N-dealkylation sites (tertiary alicyclic amines) is 1.